The molecule has 1 saturated carbocycles. The van der Waals surface area contributed by atoms with E-state index in [1.54, 1.807) is 0 Å². The van der Waals surface area contributed by atoms with Crippen molar-refractivity contribution < 1.29 is 39.7 Å². The number of rotatable bonds is 4. The Morgan fingerprint density at radius 1 is 1.21 bits per heavy atom. The molecule has 0 radical (unpaired) electrons. The van der Waals surface area contributed by atoms with Gasteiger partial charge >= 0.3 is 24.8 Å². The van der Waals surface area contributed by atoms with Gasteiger partial charge in [0.2, 0.25) is 0 Å². The number of carboxylic acids is 1. The van der Waals surface area contributed by atoms with Crippen molar-refractivity contribution in [3.05, 3.63) is 35.9 Å². The predicted octanol–water partition coefficient (Wildman–Crippen LogP) is -0.562. The zero-order valence-electron chi connectivity index (χ0n) is 11.4. The largest absolute Gasteiger partial charge is 1.00 e. The number of benzene rings is 1. The minimum absolute atomic E-state index is 0. The van der Waals surface area contributed by atoms with E-state index < -0.39 is 5.97 Å². The summed E-state index contributed by atoms with van der Waals surface area (Å²) in [4.78, 5) is 11.3. The third-order valence-electron chi connectivity index (χ3n) is 3.54. The van der Waals surface area contributed by atoms with Crippen LogP contribution in [-0.2, 0) is 4.79 Å². The van der Waals surface area contributed by atoms with Crippen molar-refractivity contribution in [3.63, 3.8) is 0 Å². The van der Waals surface area contributed by atoms with Gasteiger partial charge in [-0.2, -0.15) is 0 Å². The molecule has 0 heterocycles. The molecule has 0 saturated heterocycles. The molecule has 1 aromatic carbocycles. The molecular weight excluding hydrogens is 239 g/mol. The second-order valence-corrected chi connectivity index (χ2v) is 4.69. The maximum Gasteiger partial charge on any atom is 1.00 e. The molecule has 0 aromatic heterocycles. The molecule has 1 aromatic rings. The average molecular weight is 260 g/mol. The third kappa shape index (κ3) is 5.79. The molecule has 0 bridgehead atoms. The molecular formula is C14H21LiO4. The Balaban J connectivity index is 0. The summed E-state index contributed by atoms with van der Waals surface area (Å²) >= 11 is 0. The molecule has 102 valence electrons. The smallest absolute Gasteiger partial charge is 0.870 e. The van der Waals surface area contributed by atoms with Gasteiger partial charge in [0.05, 0.1) is 5.92 Å². The molecule has 0 unspecified atom stereocenters. The van der Waals surface area contributed by atoms with Gasteiger partial charge in [0, 0.05) is 0 Å². The Hall–Kier alpha value is -0.793. The maximum absolute atomic E-state index is 11.3. The van der Waals surface area contributed by atoms with Gasteiger partial charge in [0.25, 0.3) is 0 Å². The molecule has 19 heavy (non-hydrogen) atoms. The van der Waals surface area contributed by atoms with Crippen molar-refractivity contribution in [1.29, 1.82) is 0 Å². The fourth-order valence-electron chi connectivity index (χ4n) is 2.64. The van der Waals surface area contributed by atoms with E-state index in [1.807, 2.05) is 30.3 Å². The van der Waals surface area contributed by atoms with Gasteiger partial charge in [-0.05, 0) is 17.9 Å². The first-order valence-electron chi connectivity index (χ1n) is 6.05. The van der Waals surface area contributed by atoms with Crippen molar-refractivity contribution in [3.8, 4) is 0 Å². The van der Waals surface area contributed by atoms with E-state index in [0.29, 0.717) is 5.92 Å². The summed E-state index contributed by atoms with van der Waals surface area (Å²) < 4.78 is 0. The molecule has 4 nitrogen and oxygen atoms in total. The Morgan fingerprint density at radius 3 is 2.21 bits per heavy atom. The van der Waals surface area contributed by atoms with E-state index in [9.17, 15) is 9.90 Å². The van der Waals surface area contributed by atoms with Crippen molar-refractivity contribution in [2.75, 3.05) is 0 Å². The SMILES string of the molecule is O.O=C(O)[C@H](CC1CCCC1)c1ccccc1.[Li+].[OH-]. The van der Waals surface area contributed by atoms with Gasteiger partial charge in [0.1, 0.15) is 0 Å². The molecule has 4 N–H and O–H groups in total. The van der Waals surface area contributed by atoms with Crippen molar-refractivity contribution in [2.24, 2.45) is 5.92 Å². The Morgan fingerprint density at radius 2 is 1.74 bits per heavy atom. The van der Waals surface area contributed by atoms with E-state index >= 15 is 0 Å². The summed E-state index contributed by atoms with van der Waals surface area (Å²) in [5.74, 6) is -0.385. The number of hydrogen-bond donors (Lipinski definition) is 1. The van der Waals surface area contributed by atoms with Crippen LogP contribution >= 0.6 is 0 Å². The summed E-state index contributed by atoms with van der Waals surface area (Å²) in [5.41, 5.74) is 0.946. The fraction of sp³-hybridized carbons (Fsp3) is 0.500. The Kier molecular flexibility index (Phi) is 10.9. The number of carboxylic acid groups (broad SMARTS) is 1. The molecule has 0 aliphatic heterocycles. The van der Waals surface area contributed by atoms with E-state index in [0.717, 1.165) is 12.0 Å². The van der Waals surface area contributed by atoms with Crippen LogP contribution in [0.4, 0.5) is 0 Å². The van der Waals surface area contributed by atoms with Crippen LogP contribution in [0.25, 0.3) is 0 Å². The maximum atomic E-state index is 11.3. The second kappa shape index (κ2) is 10.1. The average Bonchev–Trinajstić information content (AvgIpc) is 2.79. The summed E-state index contributed by atoms with van der Waals surface area (Å²) in [6.07, 6.45) is 5.75. The standard InChI is InChI=1S/C14H18O2.Li.2H2O/c15-14(16)13(10-11-6-4-5-7-11)12-8-2-1-3-9-12;;;/h1-3,8-9,11,13H,4-7,10H2,(H,15,16);;2*1H2/q;+1;;/p-1/t13-;;;/m1.../s1. The van der Waals surface area contributed by atoms with Crippen molar-refractivity contribution >= 4 is 5.97 Å². The predicted molar refractivity (Wildman–Crippen MR) is 68.9 cm³/mol. The van der Waals surface area contributed by atoms with E-state index in [2.05, 4.69) is 0 Å². The molecule has 1 atom stereocenters. The van der Waals surface area contributed by atoms with E-state index in [4.69, 9.17) is 0 Å². The van der Waals surface area contributed by atoms with Crippen LogP contribution in [0.5, 0.6) is 0 Å². The van der Waals surface area contributed by atoms with Crippen LogP contribution in [-0.4, -0.2) is 22.0 Å². The van der Waals surface area contributed by atoms with Crippen molar-refractivity contribution in [2.45, 2.75) is 38.0 Å². The van der Waals surface area contributed by atoms with Crippen LogP contribution in [0, 0.1) is 5.92 Å². The zero-order chi connectivity index (χ0) is 11.4. The Bertz CT molecular complexity index is 350. The third-order valence-corrected chi connectivity index (χ3v) is 3.54. The van der Waals surface area contributed by atoms with Gasteiger partial charge in [-0.1, -0.05) is 56.0 Å². The van der Waals surface area contributed by atoms with Crippen LogP contribution in [0.3, 0.4) is 0 Å². The summed E-state index contributed by atoms with van der Waals surface area (Å²) in [5, 5.41) is 9.29. The number of hydrogen-bond acceptors (Lipinski definition) is 2. The first-order chi connectivity index (χ1) is 7.77. The fourth-order valence-corrected chi connectivity index (χ4v) is 2.64. The number of carbonyl (C=O) groups is 1. The first kappa shape index (κ1) is 20.5. The first-order valence-corrected chi connectivity index (χ1v) is 6.05. The molecule has 2 rings (SSSR count). The van der Waals surface area contributed by atoms with Gasteiger partial charge in [0.15, 0.2) is 0 Å². The monoisotopic (exact) mass is 260 g/mol. The van der Waals surface area contributed by atoms with Gasteiger partial charge in [-0.15, -0.1) is 0 Å². The normalized spacial score (nSPS) is 15.6. The molecule has 0 spiro atoms. The van der Waals surface area contributed by atoms with Crippen LogP contribution < -0.4 is 18.9 Å². The zero-order valence-corrected chi connectivity index (χ0v) is 11.4. The quantitative estimate of drug-likeness (QED) is 0.734. The van der Waals surface area contributed by atoms with Gasteiger partial charge in [-0.3, -0.25) is 4.79 Å². The van der Waals surface area contributed by atoms with Gasteiger partial charge < -0.3 is 16.1 Å². The van der Waals surface area contributed by atoms with Crippen LogP contribution in [0.2, 0.25) is 0 Å². The molecule has 1 aliphatic carbocycles. The summed E-state index contributed by atoms with van der Waals surface area (Å²) in [6.45, 7) is 0. The molecule has 1 fully saturated rings. The molecule has 0 amide bonds. The van der Waals surface area contributed by atoms with Crippen LogP contribution in [0.1, 0.15) is 43.6 Å². The molecule has 1 aliphatic rings. The summed E-state index contributed by atoms with van der Waals surface area (Å²) in [7, 11) is 0. The summed E-state index contributed by atoms with van der Waals surface area (Å²) in [6, 6.07) is 9.61. The molecule has 5 heteroatoms. The van der Waals surface area contributed by atoms with E-state index in [1.165, 1.54) is 25.7 Å². The Labute approximate surface area is 126 Å². The van der Waals surface area contributed by atoms with Crippen LogP contribution in [0.15, 0.2) is 30.3 Å². The van der Waals surface area contributed by atoms with E-state index in [-0.39, 0.29) is 35.7 Å². The minimum Gasteiger partial charge on any atom is -0.870 e. The second-order valence-electron chi connectivity index (χ2n) is 4.69. The van der Waals surface area contributed by atoms with Crippen molar-refractivity contribution in [1.82, 2.24) is 0 Å². The van der Waals surface area contributed by atoms with Gasteiger partial charge in [-0.25, -0.2) is 0 Å². The minimum atomic E-state index is -0.682. The topological polar surface area (TPSA) is 98.8 Å². The number of aliphatic carboxylic acids is 1.